The van der Waals surface area contributed by atoms with Gasteiger partial charge in [0.1, 0.15) is 22.7 Å². The fourth-order valence-electron chi connectivity index (χ4n) is 7.13. The Bertz CT molecular complexity index is 2960. The van der Waals surface area contributed by atoms with E-state index < -0.39 is 17.9 Å². The fraction of sp³-hybridized carbons (Fsp3) is 0.474. The molecule has 81 heavy (non-hydrogen) atoms. The highest BCUT2D eigenvalue weighted by Crippen LogP contribution is 2.47. The topological polar surface area (TPSA) is 246 Å². The summed E-state index contributed by atoms with van der Waals surface area (Å²) in [7, 11) is 0. The largest absolute Gasteiger partial charge is 0.460 e. The Morgan fingerprint density at radius 2 is 1.11 bits per heavy atom. The Labute approximate surface area is 482 Å². The lowest BCUT2D eigenvalue weighted by atomic mass is 10.1. The van der Waals surface area contributed by atoms with Gasteiger partial charge in [-0.05, 0) is 120 Å². The van der Waals surface area contributed by atoms with Crippen molar-refractivity contribution in [3.8, 4) is 6.07 Å². The molecule has 432 valence electrons. The number of hydrogen-bond acceptors (Lipinski definition) is 21. The minimum absolute atomic E-state index is 0.0246. The highest BCUT2D eigenvalue weighted by Gasteiger charge is 2.20. The third kappa shape index (κ3) is 23.9. The van der Waals surface area contributed by atoms with Gasteiger partial charge in [0.05, 0.1) is 121 Å². The number of azo groups is 2. The highest BCUT2D eigenvalue weighted by molar-refractivity contribution is 7.20. The zero-order valence-corrected chi connectivity index (χ0v) is 48.9. The van der Waals surface area contributed by atoms with Crippen LogP contribution in [0, 0.1) is 58.7 Å². The summed E-state index contributed by atoms with van der Waals surface area (Å²) in [4.78, 5) is 57.5. The van der Waals surface area contributed by atoms with Crippen LogP contribution >= 0.6 is 22.7 Å². The number of anilines is 2. The zero-order valence-electron chi connectivity index (χ0n) is 47.3. The van der Waals surface area contributed by atoms with E-state index in [2.05, 4.69) is 95.4 Å². The molecule has 1 aliphatic rings. The van der Waals surface area contributed by atoms with Crippen molar-refractivity contribution in [2.24, 2.45) is 20.5 Å². The summed E-state index contributed by atoms with van der Waals surface area (Å²) in [5.41, 5.74) is 7.53. The number of carbonyl (C=O) groups is 4. The molecule has 4 aromatic rings. The number of cyclic esters (lactones) is 2. The van der Waals surface area contributed by atoms with E-state index in [-0.39, 0.29) is 44.5 Å². The van der Waals surface area contributed by atoms with E-state index in [9.17, 15) is 24.4 Å². The molecule has 3 heterocycles. The van der Waals surface area contributed by atoms with E-state index >= 15 is 0 Å². The molecule has 0 amide bonds. The van der Waals surface area contributed by atoms with Gasteiger partial charge < -0.3 is 48.1 Å². The highest BCUT2D eigenvalue weighted by atomic mass is 32.1. The second-order valence-electron chi connectivity index (χ2n) is 18.0. The molecular weight excluding hydrogens is 1080 g/mol. The first kappa shape index (κ1) is 67.7. The number of nitrogens with zero attached hydrogens (tertiary/aromatic N) is 10. The number of aryl methyl sites for hydroxylation is 2. The third-order valence-corrected chi connectivity index (χ3v) is 13.5. The number of aliphatic hydroxyl groups is 1. The molecule has 24 heteroatoms. The van der Waals surface area contributed by atoms with Gasteiger partial charge in [-0.15, -0.1) is 22.7 Å². The van der Waals surface area contributed by atoms with Crippen LogP contribution in [-0.2, 0) is 52.3 Å². The molecule has 2 aromatic carbocycles. The number of esters is 3. The number of allylic oxidation sites excluding steroid dienone is 1. The van der Waals surface area contributed by atoms with Gasteiger partial charge >= 0.3 is 17.9 Å². The Hall–Kier alpha value is -7.62. The van der Waals surface area contributed by atoms with Gasteiger partial charge in [0.25, 0.3) is 0 Å². The molecule has 22 nitrogen and oxygen atoms in total. The van der Waals surface area contributed by atoms with Crippen molar-refractivity contribution >= 4 is 95.5 Å². The zero-order chi connectivity index (χ0) is 59.7. The predicted octanol–water partition coefficient (Wildman–Crippen LogP) is 12.1. The second-order valence-corrected chi connectivity index (χ2v) is 20.0. The Morgan fingerprint density at radius 3 is 1.51 bits per heavy atom. The number of carbonyl (C=O) groups excluding carboxylic acids is 4. The molecule has 0 saturated carbocycles. The average Bonchev–Trinajstić information content (AvgIpc) is 4.17. The summed E-state index contributed by atoms with van der Waals surface area (Å²) in [6, 6.07) is 14.6. The number of aliphatic hydroxyl groups excluding tert-OH is 1. The molecule has 0 spiro atoms. The first-order valence-electron chi connectivity index (χ1n) is 25.8. The maximum absolute atomic E-state index is 11.3. The fourth-order valence-corrected chi connectivity index (χ4v) is 8.85. The molecular formula is C57H70N10O12S2. The predicted molar refractivity (Wildman–Crippen MR) is 310 cm³/mol. The molecule has 1 fully saturated rings. The van der Waals surface area contributed by atoms with Gasteiger partial charge in [-0.25, -0.2) is 19.3 Å². The van der Waals surface area contributed by atoms with Crippen LogP contribution in [0.2, 0.25) is 0 Å². The number of nitriles is 1. The van der Waals surface area contributed by atoms with Gasteiger partial charge in [-0.3, -0.25) is 14.4 Å². The van der Waals surface area contributed by atoms with Crippen LogP contribution in [-0.4, -0.2) is 133 Å². The Kier molecular flexibility index (Phi) is 31.2. The number of rotatable bonds is 30. The van der Waals surface area contributed by atoms with Crippen LogP contribution in [0.3, 0.4) is 0 Å². The summed E-state index contributed by atoms with van der Waals surface area (Å²) >= 11 is 2.37. The lowest BCUT2D eigenvalue weighted by Crippen LogP contribution is -2.34. The Morgan fingerprint density at radius 1 is 0.667 bits per heavy atom. The number of ketones is 1. The van der Waals surface area contributed by atoms with E-state index in [0.29, 0.717) is 120 Å². The van der Waals surface area contributed by atoms with Gasteiger partial charge in [0.2, 0.25) is 16.4 Å². The molecule has 5 rings (SSSR count). The van der Waals surface area contributed by atoms with Crippen LogP contribution in [0.4, 0.5) is 49.1 Å². The van der Waals surface area contributed by atoms with Crippen molar-refractivity contribution in [1.82, 2.24) is 0 Å². The molecule has 1 N–H and O–H groups in total. The summed E-state index contributed by atoms with van der Waals surface area (Å²) in [5, 5.41) is 36.7. The molecule has 1 aliphatic heterocycles. The summed E-state index contributed by atoms with van der Waals surface area (Å²) in [5.74, 6) is -1.59. The molecule has 0 radical (unpaired) electrons. The maximum atomic E-state index is 11.3. The van der Waals surface area contributed by atoms with Crippen molar-refractivity contribution in [3.05, 3.63) is 110 Å². The van der Waals surface area contributed by atoms with E-state index in [4.69, 9.17) is 53.2 Å². The lowest BCUT2D eigenvalue weighted by Gasteiger charge is -2.29. The van der Waals surface area contributed by atoms with Crippen LogP contribution in [0.25, 0.3) is 14.5 Å². The minimum atomic E-state index is -0.579. The van der Waals surface area contributed by atoms with E-state index in [1.165, 1.54) is 29.6 Å². The summed E-state index contributed by atoms with van der Waals surface area (Å²) in [6.45, 7) is 45.0. The van der Waals surface area contributed by atoms with Crippen molar-refractivity contribution in [2.75, 3.05) is 102 Å². The standard InChI is InChI=1S/C32H41N5O7S.C21H25N5O2S.C4H4O3/c1-23(2)37(27-8-9-28(24(3)21-27)35-36-32-31(34-6)26(5)29(22-33)45-32)11-12-40-13-14-41-15-16-42-17-18-43-19-20-44-30(39)10-7-25(4)38;1-14(2)26(9-11-28-12-10-27)17-7-8-18(15(3)13-17)24-25-21-19(22-5)16(4)20(23-6)29-21;5-3-1-2-4(6)7-3/h7-10,21,23H,11-20H2,1-5H3;7-8,13-14,27H,9-12H2,1-4H3;1-2H2/b10-7-,36-35?;;. The number of ether oxygens (including phenoxy) is 7. The van der Waals surface area contributed by atoms with Gasteiger partial charge in [0.15, 0.2) is 5.78 Å². The van der Waals surface area contributed by atoms with Crippen molar-refractivity contribution in [2.45, 2.75) is 87.2 Å². The molecule has 0 atom stereocenters. The molecule has 2 aromatic heterocycles. The van der Waals surface area contributed by atoms with Gasteiger partial charge in [0, 0.05) is 42.6 Å². The van der Waals surface area contributed by atoms with Crippen molar-refractivity contribution in [1.29, 1.82) is 5.26 Å². The van der Waals surface area contributed by atoms with Crippen LogP contribution in [0.15, 0.2) is 69.0 Å². The molecule has 0 aliphatic carbocycles. The maximum Gasteiger partial charge on any atom is 0.330 e. The average molecular weight is 1150 g/mol. The van der Waals surface area contributed by atoms with E-state index in [0.717, 1.165) is 46.9 Å². The molecule has 0 unspecified atom stereocenters. The number of benzene rings is 2. The first-order chi connectivity index (χ1) is 38.9. The SMILES string of the molecule is O=C1CCC(=O)O1.[C-]#[N+]c1c(N=Nc2ccc(N(CCOCCOCCOCCOCCOC(=O)/C=C\C(C)=O)C(C)C)cc2C)sc(C#N)c1C.[C-]#[N+]c1sc(N=Nc2ccc(N(CCOCCO)C(C)C)cc2C)c([N+]#[C-])c1C. The lowest BCUT2D eigenvalue weighted by molar-refractivity contribution is -0.152. The first-order valence-corrected chi connectivity index (χ1v) is 27.5. The van der Waals surface area contributed by atoms with Gasteiger partial charge in [-0.1, -0.05) is 6.92 Å². The van der Waals surface area contributed by atoms with E-state index in [1.807, 2.05) is 38.1 Å². The summed E-state index contributed by atoms with van der Waals surface area (Å²) in [6.07, 6.45) is 2.77. The number of thiophene rings is 2. The monoisotopic (exact) mass is 1150 g/mol. The summed E-state index contributed by atoms with van der Waals surface area (Å²) < 4.78 is 36.5. The van der Waals surface area contributed by atoms with Crippen molar-refractivity contribution in [3.63, 3.8) is 0 Å². The molecule has 1 saturated heterocycles. The van der Waals surface area contributed by atoms with Crippen molar-refractivity contribution < 1.29 is 57.4 Å². The van der Waals surface area contributed by atoms with Crippen LogP contribution in [0.5, 0.6) is 0 Å². The smallest absolute Gasteiger partial charge is 0.330 e. The van der Waals surface area contributed by atoms with E-state index in [1.54, 1.807) is 13.8 Å². The minimum Gasteiger partial charge on any atom is -0.460 e. The Balaban J connectivity index is 0.000000404. The van der Waals surface area contributed by atoms with Crippen LogP contribution in [0.1, 0.15) is 74.6 Å². The molecule has 0 bridgehead atoms. The normalized spacial score (nSPS) is 12.0. The second kappa shape index (κ2) is 37.3. The van der Waals surface area contributed by atoms with Gasteiger partial charge in [-0.2, -0.15) is 25.7 Å². The number of hydrogen-bond donors (Lipinski definition) is 1. The van der Waals surface area contributed by atoms with Crippen LogP contribution < -0.4 is 9.80 Å². The third-order valence-electron chi connectivity index (χ3n) is 11.4. The quantitative estimate of drug-likeness (QED) is 0.0127.